The predicted octanol–water partition coefficient (Wildman–Crippen LogP) is 1.26. The van der Waals surface area contributed by atoms with E-state index in [9.17, 15) is 8.42 Å². The molecule has 1 rings (SSSR count). The summed E-state index contributed by atoms with van der Waals surface area (Å²) in [5, 5.41) is 8.66. The first-order valence-corrected chi connectivity index (χ1v) is 6.69. The summed E-state index contributed by atoms with van der Waals surface area (Å²) >= 11 is 5.82. The number of rotatable bonds is 4. The number of halogens is 2. The summed E-state index contributed by atoms with van der Waals surface area (Å²) in [7, 11) is -3.70. The molecule has 0 aromatic heterocycles. The molecule has 1 atom stereocenters. The molecule has 0 bridgehead atoms. The maximum Gasteiger partial charge on any atom is 0.242 e. The summed E-state index contributed by atoms with van der Waals surface area (Å²) < 4.78 is 26.2. The smallest absolute Gasteiger partial charge is 0.242 e. The molecule has 100 valence electrons. The van der Waals surface area contributed by atoms with Gasteiger partial charge in [-0.2, -0.15) is 5.26 Å². The Morgan fingerprint density at radius 3 is 2.61 bits per heavy atom. The zero-order valence-corrected chi connectivity index (χ0v) is 11.9. The Balaban J connectivity index is 0.00000289. The topological polar surface area (TPSA) is 96.0 Å². The molecule has 0 aliphatic heterocycles. The molecule has 0 saturated carbocycles. The van der Waals surface area contributed by atoms with E-state index in [1.165, 1.54) is 18.2 Å². The van der Waals surface area contributed by atoms with Crippen molar-refractivity contribution >= 4 is 34.0 Å². The van der Waals surface area contributed by atoms with Crippen molar-refractivity contribution in [1.29, 1.82) is 5.26 Å². The van der Waals surface area contributed by atoms with Crippen LogP contribution in [0.3, 0.4) is 0 Å². The van der Waals surface area contributed by atoms with E-state index in [0.29, 0.717) is 5.56 Å². The lowest BCUT2D eigenvalue weighted by Gasteiger charge is -2.12. The van der Waals surface area contributed by atoms with E-state index in [1.807, 2.05) is 6.07 Å². The molecule has 0 amide bonds. The summed E-state index contributed by atoms with van der Waals surface area (Å²) in [6, 6.07) is 5.50. The summed E-state index contributed by atoms with van der Waals surface area (Å²) in [4.78, 5) is -0.0570. The molecular formula is C10H13Cl2N3O2S. The summed E-state index contributed by atoms with van der Waals surface area (Å²) in [5.74, 6) is 0. The van der Waals surface area contributed by atoms with Crippen molar-refractivity contribution in [2.45, 2.75) is 17.9 Å². The molecule has 0 aliphatic carbocycles. The van der Waals surface area contributed by atoms with Crippen LogP contribution in [0.5, 0.6) is 0 Å². The van der Waals surface area contributed by atoms with Gasteiger partial charge in [0, 0.05) is 12.6 Å². The number of sulfonamides is 1. The molecule has 8 heteroatoms. The minimum absolute atomic E-state index is 0. The molecular weight excluding hydrogens is 297 g/mol. The van der Waals surface area contributed by atoms with Crippen LogP contribution in [0.15, 0.2) is 23.1 Å². The predicted molar refractivity (Wildman–Crippen MR) is 72.3 cm³/mol. The van der Waals surface area contributed by atoms with Crippen molar-refractivity contribution in [3.05, 3.63) is 28.8 Å². The SMILES string of the molecule is C[C@H](CN)NS(=O)(=O)c1ccc(C#N)cc1Cl.Cl. The fourth-order valence-corrected chi connectivity index (χ4v) is 2.97. The van der Waals surface area contributed by atoms with Crippen LogP contribution < -0.4 is 10.5 Å². The first kappa shape index (κ1) is 17.2. The van der Waals surface area contributed by atoms with Gasteiger partial charge < -0.3 is 5.73 Å². The van der Waals surface area contributed by atoms with E-state index in [0.717, 1.165) is 0 Å². The Hall–Kier alpha value is -0.840. The van der Waals surface area contributed by atoms with Gasteiger partial charge >= 0.3 is 0 Å². The number of hydrogen-bond donors (Lipinski definition) is 2. The number of nitrogens with one attached hydrogen (secondary N) is 1. The lowest BCUT2D eigenvalue weighted by Crippen LogP contribution is -2.37. The second-order valence-corrected chi connectivity index (χ2v) is 5.60. The number of hydrogen-bond acceptors (Lipinski definition) is 4. The standard InChI is InChI=1S/C10H12ClN3O2S.ClH/c1-7(5-12)14-17(15,16)10-3-2-8(6-13)4-9(10)11;/h2-4,7,14H,5,12H2,1H3;1H/t7-;/m1./s1. The number of nitriles is 1. The molecule has 1 aromatic rings. The van der Waals surface area contributed by atoms with Crippen molar-refractivity contribution in [1.82, 2.24) is 4.72 Å². The van der Waals surface area contributed by atoms with E-state index in [4.69, 9.17) is 22.6 Å². The zero-order chi connectivity index (χ0) is 13.1. The van der Waals surface area contributed by atoms with E-state index >= 15 is 0 Å². The van der Waals surface area contributed by atoms with E-state index in [1.54, 1.807) is 6.92 Å². The third-order valence-corrected chi connectivity index (χ3v) is 4.13. The molecule has 0 fully saturated rings. The highest BCUT2D eigenvalue weighted by molar-refractivity contribution is 7.89. The first-order valence-electron chi connectivity index (χ1n) is 4.82. The largest absolute Gasteiger partial charge is 0.329 e. The van der Waals surface area contributed by atoms with Crippen LogP contribution in [0.25, 0.3) is 0 Å². The average molecular weight is 310 g/mol. The molecule has 0 unspecified atom stereocenters. The van der Waals surface area contributed by atoms with E-state index in [-0.39, 0.29) is 34.9 Å². The van der Waals surface area contributed by atoms with Gasteiger partial charge in [-0.25, -0.2) is 13.1 Å². The van der Waals surface area contributed by atoms with Gasteiger partial charge in [-0.3, -0.25) is 0 Å². The minimum atomic E-state index is -3.70. The molecule has 0 aliphatic rings. The van der Waals surface area contributed by atoms with E-state index in [2.05, 4.69) is 4.72 Å². The molecule has 0 saturated heterocycles. The monoisotopic (exact) mass is 309 g/mol. The lowest BCUT2D eigenvalue weighted by atomic mass is 10.2. The van der Waals surface area contributed by atoms with Crippen molar-refractivity contribution in [2.24, 2.45) is 5.73 Å². The van der Waals surface area contributed by atoms with Gasteiger partial charge in [0.2, 0.25) is 10.0 Å². The van der Waals surface area contributed by atoms with Crippen molar-refractivity contribution < 1.29 is 8.42 Å². The third-order valence-electron chi connectivity index (χ3n) is 2.06. The highest BCUT2D eigenvalue weighted by Gasteiger charge is 2.19. The highest BCUT2D eigenvalue weighted by atomic mass is 35.5. The third kappa shape index (κ3) is 4.12. The fourth-order valence-electron chi connectivity index (χ4n) is 1.16. The maximum atomic E-state index is 11.9. The quantitative estimate of drug-likeness (QED) is 0.875. The Labute approximate surface area is 117 Å². The van der Waals surface area contributed by atoms with Crippen LogP contribution in [-0.2, 0) is 10.0 Å². The van der Waals surface area contributed by atoms with Gasteiger partial charge in [0.15, 0.2) is 0 Å². The minimum Gasteiger partial charge on any atom is -0.329 e. The Bertz CT molecular complexity index is 555. The normalized spacial score (nSPS) is 12.3. The van der Waals surface area contributed by atoms with Gasteiger partial charge in [0.1, 0.15) is 4.90 Å². The van der Waals surface area contributed by atoms with Crippen LogP contribution in [-0.4, -0.2) is 21.0 Å². The van der Waals surface area contributed by atoms with Crippen LogP contribution in [0.1, 0.15) is 12.5 Å². The fraction of sp³-hybridized carbons (Fsp3) is 0.300. The van der Waals surface area contributed by atoms with Crippen molar-refractivity contribution in [2.75, 3.05) is 6.54 Å². The molecule has 18 heavy (non-hydrogen) atoms. The molecule has 0 radical (unpaired) electrons. The van der Waals surface area contributed by atoms with Gasteiger partial charge in [0.05, 0.1) is 16.7 Å². The summed E-state index contributed by atoms with van der Waals surface area (Å²) in [5.41, 5.74) is 5.64. The van der Waals surface area contributed by atoms with Gasteiger partial charge in [-0.15, -0.1) is 12.4 Å². The Kier molecular flexibility index (Phi) is 6.60. The van der Waals surface area contributed by atoms with Crippen molar-refractivity contribution in [3.63, 3.8) is 0 Å². The summed E-state index contributed by atoms with van der Waals surface area (Å²) in [6.07, 6.45) is 0. The van der Waals surface area contributed by atoms with E-state index < -0.39 is 10.0 Å². The molecule has 5 nitrogen and oxygen atoms in total. The van der Waals surface area contributed by atoms with Gasteiger partial charge in [-0.1, -0.05) is 11.6 Å². The number of nitrogens with two attached hydrogens (primary N) is 1. The maximum absolute atomic E-state index is 11.9. The van der Waals surface area contributed by atoms with Crippen molar-refractivity contribution in [3.8, 4) is 6.07 Å². The van der Waals surface area contributed by atoms with Gasteiger partial charge in [0.25, 0.3) is 0 Å². The van der Waals surface area contributed by atoms with Crippen LogP contribution in [0.2, 0.25) is 5.02 Å². The highest BCUT2D eigenvalue weighted by Crippen LogP contribution is 2.22. The Morgan fingerprint density at radius 2 is 2.17 bits per heavy atom. The lowest BCUT2D eigenvalue weighted by molar-refractivity contribution is 0.563. The second-order valence-electron chi connectivity index (χ2n) is 3.52. The number of nitrogens with zero attached hydrogens (tertiary/aromatic N) is 1. The zero-order valence-electron chi connectivity index (χ0n) is 9.55. The molecule has 0 spiro atoms. The van der Waals surface area contributed by atoms with Crippen LogP contribution >= 0.6 is 24.0 Å². The average Bonchev–Trinajstić information content (AvgIpc) is 2.27. The first-order chi connectivity index (χ1) is 7.90. The number of benzene rings is 1. The van der Waals surface area contributed by atoms with Crippen LogP contribution in [0, 0.1) is 11.3 Å². The Morgan fingerprint density at radius 1 is 1.56 bits per heavy atom. The second kappa shape index (κ2) is 6.92. The van der Waals surface area contributed by atoms with Crippen LogP contribution in [0.4, 0.5) is 0 Å². The van der Waals surface area contributed by atoms with Gasteiger partial charge in [-0.05, 0) is 25.1 Å². The summed E-state index contributed by atoms with van der Waals surface area (Å²) in [6.45, 7) is 1.84. The molecule has 3 N–H and O–H groups in total. The molecule has 0 heterocycles. The molecule has 1 aromatic carbocycles.